The van der Waals surface area contributed by atoms with Gasteiger partial charge in [0.2, 0.25) is 0 Å². The summed E-state index contributed by atoms with van der Waals surface area (Å²) < 4.78 is 0. The Balaban J connectivity index is 0. The van der Waals surface area contributed by atoms with Gasteiger partial charge in [0, 0.05) is 12.1 Å². The van der Waals surface area contributed by atoms with Gasteiger partial charge >= 0.3 is 0 Å². The largest absolute Gasteiger partial charge is 0.311 e. The molecule has 0 amide bonds. The van der Waals surface area contributed by atoms with E-state index in [0.717, 1.165) is 18.8 Å². The third-order valence-corrected chi connectivity index (χ3v) is 6.77. The van der Waals surface area contributed by atoms with Crippen LogP contribution in [0.4, 0.5) is 0 Å². The van der Waals surface area contributed by atoms with Crippen LogP contribution in [0.25, 0.3) is 0 Å². The van der Waals surface area contributed by atoms with Gasteiger partial charge in [0.15, 0.2) is 0 Å². The highest BCUT2D eigenvalue weighted by Gasteiger charge is 2.11. The number of hydrogen-bond donors (Lipinski definition) is 1. The van der Waals surface area contributed by atoms with E-state index in [2.05, 4.69) is 121 Å². The fraction of sp³-hybridized carbons (Fsp3) is 0.550. The number of hydrogen-bond acceptors (Lipinski definition) is 1. The average molecular weight is 562 g/mol. The van der Waals surface area contributed by atoms with Crippen LogP contribution in [0.5, 0.6) is 0 Å². The summed E-state index contributed by atoms with van der Waals surface area (Å²) in [5, 5.41) is 3.78. The SMILES string of the molecule is CC.CC.CCCC(C)C1=CC=CC=CC1.CCCC(CCC)NC(C)Cc1ccc(C)cc1.Cc1ccccc1. The summed E-state index contributed by atoms with van der Waals surface area (Å²) in [5.41, 5.74) is 5.67. The molecule has 0 fully saturated rings. The van der Waals surface area contributed by atoms with E-state index in [9.17, 15) is 0 Å². The molecule has 2 unspecified atom stereocenters. The lowest BCUT2D eigenvalue weighted by Gasteiger charge is -2.23. The van der Waals surface area contributed by atoms with Crippen molar-refractivity contribution in [3.63, 3.8) is 0 Å². The van der Waals surface area contributed by atoms with Crippen LogP contribution in [-0.2, 0) is 6.42 Å². The van der Waals surface area contributed by atoms with Crippen molar-refractivity contribution < 1.29 is 0 Å². The molecule has 0 spiro atoms. The van der Waals surface area contributed by atoms with E-state index in [-0.39, 0.29) is 0 Å². The molecule has 1 nitrogen and oxygen atoms in total. The molecule has 2 aromatic carbocycles. The molecule has 2 aromatic rings. The number of aryl methyl sites for hydroxylation is 2. The van der Waals surface area contributed by atoms with E-state index in [4.69, 9.17) is 0 Å². The first-order valence-electron chi connectivity index (χ1n) is 16.7. The van der Waals surface area contributed by atoms with Crippen LogP contribution in [0.15, 0.2) is 90.6 Å². The second kappa shape index (κ2) is 29.1. The van der Waals surface area contributed by atoms with Gasteiger partial charge in [0.25, 0.3) is 0 Å². The summed E-state index contributed by atoms with van der Waals surface area (Å²) in [7, 11) is 0. The van der Waals surface area contributed by atoms with Crippen molar-refractivity contribution in [2.75, 3.05) is 0 Å². The average Bonchev–Trinajstić information content (AvgIpc) is 3.28. The van der Waals surface area contributed by atoms with Crippen LogP contribution >= 0.6 is 0 Å². The molecule has 2 atom stereocenters. The lowest BCUT2D eigenvalue weighted by atomic mass is 9.94. The molecule has 3 rings (SSSR count). The fourth-order valence-electron chi connectivity index (χ4n) is 4.66. The van der Waals surface area contributed by atoms with Gasteiger partial charge in [-0.05, 0) is 64.4 Å². The Hall–Kier alpha value is -2.38. The fourth-order valence-corrected chi connectivity index (χ4v) is 4.66. The van der Waals surface area contributed by atoms with Gasteiger partial charge in [0.1, 0.15) is 0 Å². The molecule has 232 valence electrons. The molecule has 1 N–H and O–H groups in total. The maximum atomic E-state index is 3.78. The Labute approximate surface area is 257 Å². The Kier molecular flexibility index (Phi) is 29.0. The monoisotopic (exact) mass is 562 g/mol. The first-order valence-corrected chi connectivity index (χ1v) is 16.7. The van der Waals surface area contributed by atoms with Crippen molar-refractivity contribution in [3.05, 3.63) is 107 Å². The van der Waals surface area contributed by atoms with E-state index in [1.54, 1.807) is 5.57 Å². The zero-order valence-corrected chi connectivity index (χ0v) is 29.0. The van der Waals surface area contributed by atoms with Gasteiger partial charge in [-0.1, -0.05) is 176 Å². The summed E-state index contributed by atoms with van der Waals surface area (Å²) in [6, 6.07) is 20.4. The van der Waals surface area contributed by atoms with Gasteiger partial charge in [-0.2, -0.15) is 0 Å². The smallest absolute Gasteiger partial charge is 0.00817 e. The van der Waals surface area contributed by atoms with Crippen LogP contribution in [-0.4, -0.2) is 12.1 Å². The molecule has 1 aliphatic carbocycles. The summed E-state index contributed by atoms with van der Waals surface area (Å²) in [6.07, 6.45) is 20.9. The Morgan fingerprint density at radius 2 is 1.20 bits per heavy atom. The third-order valence-electron chi connectivity index (χ3n) is 6.77. The number of rotatable bonds is 11. The number of allylic oxidation sites excluding steroid dienone is 6. The molecule has 0 aromatic heterocycles. The van der Waals surface area contributed by atoms with Gasteiger partial charge in [-0.15, -0.1) is 0 Å². The minimum atomic E-state index is 0.566. The van der Waals surface area contributed by atoms with Crippen LogP contribution in [0.3, 0.4) is 0 Å². The third kappa shape index (κ3) is 22.9. The molecule has 0 heterocycles. The molecule has 0 saturated heterocycles. The molecule has 1 heteroatoms. The summed E-state index contributed by atoms with van der Waals surface area (Å²) in [4.78, 5) is 0. The Morgan fingerprint density at radius 1 is 0.659 bits per heavy atom. The van der Waals surface area contributed by atoms with Crippen molar-refractivity contribution in [1.82, 2.24) is 5.32 Å². The van der Waals surface area contributed by atoms with E-state index < -0.39 is 0 Å². The van der Waals surface area contributed by atoms with Crippen molar-refractivity contribution in [2.24, 2.45) is 5.92 Å². The molecule has 0 bridgehead atoms. The summed E-state index contributed by atoms with van der Waals surface area (Å²) in [5.74, 6) is 0.752. The number of benzene rings is 2. The van der Waals surface area contributed by atoms with Crippen LogP contribution in [0.2, 0.25) is 0 Å². The summed E-state index contributed by atoms with van der Waals surface area (Å²) in [6.45, 7) is 23.6. The molecule has 0 aliphatic heterocycles. The van der Waals surface area contributed by atoms with E-state index in [1.807, 2.05) is 45.9 Å². The first kappa shape index (κ1) is 40.8. The maximum absolute atomic E-state index is 3.78. The van der Waals surface area contributed by atoms with E-state index in [0.29, 0.717) is 12.1 Å². The first-order chi connectivity index (χ1) is 19.9. The van der Waals surface area contributed by atoms with Crippen molar-refractivity contribution in [2.45, 2.75) is 140 Å². The predicted octanol–water partition coefficient (Wildman–Crippen LogP) is 12.4. The minimum absolute atomic E-state index is 0.566. The van der Waals surface area contributed by atoms with Gasteiger partial charge in [-0.3, -0.25) is 0 Å². The van der Waals surface area contributed by atoms with Crippen molar-refractivity contribution in [1.29, 1.82) is 0 Å². The molecule has 41 heavy (non-hydrogen) atoms. The second-order valence-corrected chi connectivity index (χ2v) is 10.6. The number of nitrogens with one attached hydrogen (secondary N) is 1. The van der Waals surface area contributed by atoms with E-state index in [1.165, 1.54) is 55.2 Å². The van der Waals surface area contributed by atoms with Crippen LogP contribution in [0.1, 0.15) is 124 Å². The molecule has 0 radical (unpaired) electrons. The zero-order valence-electron chi connectivity index (χ0n) is 29.0. The molecule has 1 aliphatic rings. The van der Waals surface area contributed by atoms with Gasteiger partial charge < -0.3 is 5.32 Å². The highest BCUT2D eigenvalue weighted by Crippen LogP contribution is 2.21. The lowest BCUT2D eigenvalue weighted by Crippen LogP contribution is -2.37. The van der Waals surface area contributed by atoms with Gasteiger partial charge in [0.05, 0.1) is 0 Å². The van der Waals surface area contributed by atoms with Crippen LogP contribution in [0, 0.1) is 19.8 Å². The normalized spacial score (nSPS) is 12.9. The van der Waals surface area contributed by atoms with Crippen LogP contribution < -0.4 is 5.32 Å². The Bertz CT molecular complexity index is 882. The quantitative estimate of drug-likeness (QED) is 0.288. The highest BCUT2D eigenvalue weighted by atomic mass is 14.9. The Morgan fingerprint density at radius 3 is 1.68 bits per heavy atom. The standard InChI is InChI=1S/C17H29N.C12H18.C7H8.2C2H6/c1-5-7-17(8-6-2)18-15(4)13-16-11-9-14(3)10-12-16;1-3-8-11(2)12-9-6-4-5-7-10-12;1-7-5-3-2-4-6-7;2*1-2/h9-12,15,17-18H,5-8,13H2,1-4H3;4-7,9,11H,3,8,10H2,1-2H3;2-6H,1H3;2*1-2H3. The molecule has 0 saturated carbocycles. The van der Waals surface area contributed by atoms with Gasteiger partial charge in [-0.25, -0.2) is 0 Å². The van der Waals surface area contributed by atoms with Crippen molar-refractivity contribution in [3.8, 4) is 0 Å². The molecular formula is C40H67N. The highest BCUT2D eigenvalue weighted by molar-refractivity contribution is 5.24. The predicted molar refractivity (Wildman–Crippen MR) is 190 cm³/mol. The maximum Gasteiger partial charge on any atom is 0.00817 e. The summed E-state index contributed by atoms with van der Waals surface area (Å²) >= 11 is 0. The van der Waals surface area contributed by atoms with Crippen molar-refractivity contribution >= 4 is 0 Å². The van der Waals surface area contributed by atoms with E-state index >= 15 is 0 Å². The lowest BCUT2D eigenvalue weighted by molar-refractivity contribution is 0.395. The molecular weight excluding hydrogens is 494 g/mol. The zero-order chi connectivity index (χ0) is 31.3. The second-order valence-electron chi connectivity index (χ2n) is 10.6. The topological polar surface area (TPSA) is 12.0 Å². The minimum Gasteiger partial charge on any atom is -0.311 e.